The molecule has 0 saturated carbocycles. The summed E-state index contributed by atoms with van der Waals surface area (Å²) in [5, 5.41) is 0. The van der Waals surface area contributed by atoms with Gasteiger partial charge in [0.2, 0.25) is 0 Å². The number of nitrogens with zero attached hydrogens (tertiary/aromatic N) is 1. The lowest BCUT2D eigenvalue weighted by atomic mass is 10.0. The summed E-state index contributed by atoms with van der Waals surface area (Å²) in [6.07, 6.45) is 54.2. The molecule has 0 heterocycles. The van der Waals surface area contributed by atoms with E-state index >= 15 is 0 Å². The quantitative estimate of drug-likeness (QED) is 0.0212. The third-order valence-electron chi connectivity index (χ3n) is 10.5. The highest BCUT2D eigenvalue weighted by Crippen LogP contribution is 2.43. The molecule has 0 aromatic rings. The number of hydrogen-bond donors (Lipinski definition) is 1. The van der Waals surface area contributed by atoms with Gasteiger partial charge in [0, 0.05) is 12.8 Å². The largest absolute Gasteiger partial charge is 0.472 e. The van der Waals surface area contributed by atoms with Crippen LogP contribution in [0.1, 0.15) is 206 Å². The number of allylic oxidation sites excluding steroid dienone is 10. The maximum absolute atomic E-state index is 12.7. The van der Waals surface area contributed by atoms with E-state index in [1.54, 1.807) is 0 Å². The molecule has 0 rings (SSSR count). The molecular weight excluding hydrogens is 798 g/mol. The molecule has 1 N–H and O–H groups in total. The van der Waals surface area contributed by atoms with Gasteiger partial charge in [-0.1, -0.05) is 177 Å². The first-order valence-electron chi connectivity index (χ1n) is 25.0. The SMILES string of the molecule is CCCCC/C=C\C/C=C\C/C=C\C/C=C\CCCC(=O)O[C@H](COC(=O)CCCCCCCCCCCCC/C=C\CCCCCCCC)COP(=O)(O)OCC[N+](C)(C)C. The summed E-state index contributed by atoms with van der Waals surface area (Å²) in [6, 6.07) is 0. The second kappa shape index (κ2) is 43.9. The Morgan fingerprint density at radius 2 is 0.887 bits per heavy atom. The Kier molecular flexibility index (Phi) is 42.3. The van der Waals surface area contributed by atoms with E-state index in [1.165, 1.54) is 128 Å². The van der Waals surface area contributed by atoms with Crippen molar-refractivity contribution in [2.75, 3.05) is 47.5 Å². The van der Waals surface area contributed by atoms with Crippen molar-refractivity contribution in [2.45, 2.75) is 213 Å². The molecule has 0 radical (unpaired) electrons. The summed E-state index contributed by atoms with van der Waals surface area (Å²) in [5.41, 5.74) is 0. The number of esters is 2. The molecular formula is C52H95NO8P+. The molecule has 1 unspecified atom stereocenters. The average molecular weight is 893 g/mol. The molecule has 0 aliphatic rings. The lowest BCUT2D eigenvalue weighted by Crippen LogP contribution is -2.37. The lowest BCUT2D eigenvalue weighted by Gasteiger charge is -2.24. The van der Waals surface area contributed by atoms with E-state index in [4.69, 9.17) is 18.5 Å². The fraction of sp³-hybridized carbons (Fsp3) is 0.769. The van der Waals surface area contributed by atoms with Crippen LogP contribution in [-0.2, 0) is 32.7 Å². The number of unbranched alkanes of at least 4 members (excludes halogenated alkanes) is 21. The maximum Gasteiger partial charge on any atom is 0.472 e. The molecule has 62 heavy (non-hydrogen) atoms. The molecule has 0 aromatic heterocycles. The van der Waals surface area contributed by atoms with E-state index in [1.807, 2.05) is 21.1 Å². The second-order valence-corrected chi connectivity index (χ2v) is 19.3. The van der Waals surface area contributed by atoms with Gasteiger partial charge in [-0.2, -0.15) is 0 Å². The number of phosphoric ester groups is 1. The van der Waals surface area contributed by atoms with Crippen molar-refractivity contribution >= 4 is 19.8 Å². The fourth-order valence-corrected chi connectivity index (χ4v) is 7.33. The predicted molar refractivity (Wildman–Crippen MR) is 261 cm³/mol. The summed E-state index contributed by atoms with van der Waals surface area (Å²) in [6.45, 7) is 4.34. The molecule has 9 nitrogen and oxygen atoms in total. The first-order chi connectivity index (χ1) is 30.0. The van der Waals surface area contributed by atoms with E-state index in [0.717, 1.165) is 38.5 Å². The normalized spacial score (nSPS) is 14.0. The van der Waals surface area contributed by atoms with Crippen LogP contribution < -0.4 is 0 Å². The molecule has 360 valence electrons. The number of hydrogen-bond acceptors (Lipinski definition) is 7. The molecule has 0 aromatic carbocycles. The van der Waals surface area contributed by atoms with Gasteiger partial charge < -0.3 is 18.9 Å². The summed E-state index contributed by atoms with van der Waals surface area (Å²) < 4.78 is 34.3. The third-order valence-corrected chi connectivity index (χ3v) is 11.5. The van der Waals surface area contributed by atoms with Gasteiger partial charge in [-0.3, -0.25) is 18.6 Å². The molecule has 0 amide bonds. The lowest BCUT2D eigenvalue weighted by molar-refractivity contribution is -0.870. The van der Waals surface area contributed by atoms with Crippen molar-refractivity contribution in [1.82, 2.24) is 0 Å². The zero-order valence-electron chi connectivity index (χ0n) is 40.6. The van der Waals surface area contributed by atoms with Gasteiger partial charge in [-0.15, -0.1) is 0 Å². The van der Waals surface area contributed by atoms with Gasteiger partial charge in [0.05, 0.1) is 27.7 Å². The minimum Gasteiger partial charge on any atom is -0.462 e. The Morgan fingerprint density at radius 3 is 1.39 bits per heavy atom. The van der Waals surface area contributed by atoms with E-state index in [0.29, 0.717) is 23.9 Å². The van der Waals surface area contributed by atoms with E-state index in [9.17, 15) is 19.0 Å². The van der Waals surface area contributed by atoms with E-state index in [-0.39, 0.29) is 32.0 Å². The Labute approximate surface area is 381 Å². The maximum atomic E-state index is 12.7. The Bertz CT molecular complexity index is 1240. The minimum atomic E-state index is -4.40. The van der Waals surface area contributed by atoms with Crippen LogP contribution in [-0.4, -0.2) is 74.9 Å². The number of quaternary nitrogens is 1. The molecule has 0 saturated heterocycles. The summed E-state index contributed by atoms with van der Waals surface area (Å²) >= 11 is 0. The minimum absolute atomic E-state index is 0.0197. The molecule has 0 spiro atoms. The average Bonchev–Trinajstić information content (AvgIpc) is 3.23. The van der Waals surface area contributed by atoms with Crippen molar-refractivity contribution in [3.8, 4) is 0 Å². The third kappa shape index (κ3) is 47.2. The van der Waals surface area contributed by atoms with Crippen LogP contribution in [0, 0.1) is 0 Å². The Morgan fingerprint density at radius 1 is 0.500 bits per heavy atom. The van der Waals surface area contributed by atoms with E-state index < -0.39 is 26.5 Å². The highest BCUT2D eigenvalue weighted by molar-refractivity contribution is 7.47. The topological polar surface area (TPSA) is 108 Å². The van der Waals surface area contributed by atoms with Crippen LogP contribution >= 0.6 is 7.82 Å². The summed E-state index contributed by atoms with van der Waals surface area (Å²) in [7, 11) is 1.44. The molecule has 0 aliphatic carbocycles. The summed E-state index contributed by atoms with van der Waals surface area (Å²) in [4.78, 5) is 35.5. The first kappa shape index (κ1) is 59.7. The van der Waals surface area contributed by atoms with Crippen molar-refractivity contribution in [2.24, 2.45) is 0 Å². The second-order valence-electron chi connectivity index (χ2n) is 17.8. The first-order valence-corrected chi connectivity index (χ1v) is 26.5. The van der Waals surface area contributed by atoms with Crippen molar-refractivity contribution < 1.29 is 42.1 Å². The standard InChI is InChI=1S/C52H94NO8P/c1-6-8-10-12-14-16-18-20-22-24-25-26-27-29-30-32-34-36-38-40-42-44-51(54)58-48-50(49-60-62(56,57)59-47-46-53(3,4)5)61-52(55)45-43-41-39-37-35-33-31-28-23-21-19-17-15-13-11-9-7-2/h15,17,20-23,31,33,37,39,50H,6-14,16,18-19,24-30,32,34-36,38,40-49H2,1-5H3/p+1/b17-15-,22-20-,23-21-,33-31-,39-37-/t50-/m1/s1. The van der Waals surface area contributed by atoms with Gasteiger partial charge in [0.1, 0.15) is 19.8 Å². The molecule has 10 heteroatoms. The Balaban J connectivity index is 4.33. The number of phosphoric acid groups is 1. The zero-order valence-corrected chi connectivity index (χ0v) is 41.5. The number of carbonyl (C=O) groups excluding carboxylic acids is 2. The number of likely N-dealkylation sites (N-methyl/N-ethyl adjacent to an activating group) is 1. The van der Waals surface area contributed by atoms with Gasteiger partial charge in [0.15, 0.2) is 6.10 Å². The van der Waals surface area contributed by atoms with Crippen LogP contribution in [0.25, 0.3) is 0 Å². The monoisotopic (exact) mass is 893 g/mol. The predicted octanol–water partition coefficient (Wildman–Crippen LogP) is 14.8. The van der Waals surface area contributed by atoms with Crippen LogP contribution in [0.5, 0.6) is 0 Å². The van der Waals surface area contributed by atoms with Crippen LogP contribution in [0.2, 0.25) is 0 Å². The highest BCUT2D eigenvalue weighted by atomic mass is 31.2. The highest BCUT2D eigenvalue weighted by Gasteiger charge is 2.27. The zero-order chi connectivity index (χ0) is 45.7. The fourth-order valence-electron chi connectivity index (χ4n) is 6.59. The number of ether oxygens (including phenoxy) is 2. The van der Waals surface area contributed by atoms with Crippen LogP contribution in [0.15, 0.2) is 60.8 Å². The molecule has 0 aliphatic heterocycles. The molecule has 0 fully saturated rings. The van der Waals surface area contributed by atoms with Gasteiger partial charge in [-0.25, -0.2) is 4.57 Å². The van der Waals surface area contributed by atoms with Gasteiger partial charge in [-0.05, 0) is 77.0 Å². The number of carbonyl (C=O) groups is 2. The van der Waals surface area contributed by atoms with Crippen LogP contribution in [0.4, 0.5) is 0 Å². The Hall–Kier alpha value is -2.29. The van der Waals surface area contributed by atoms with Crippen LogP contribution in [0.3, 0.4) is 0 Å². The number of rotatable bonds is 45. The van der Waals surface area contributed by atoms with Crippen molar-refractivity contribution in [3.63, 3.8) is 0 Å². The van der Waals surface area contributed by atoms with E-state index in [2.05, 4.69) is 74.6 Å². The van der Waals surface area contributed by atoms with Gasteiger partial charge in [0.25, 0.3) is 0 Å². The van der Waals surface area contributed by atoms with Crippen molar-refractivity contribution in [3.05, 3.63) is 60.8 Å². The summed E-state index contributed by atoms with van der Waals surface area (Å²) in [5.74, 6) is -0.864. The smallest absolute Gasteiger partial charge is 0.462 e. The van der Waals surface area contributed by atoms with Crippen molar-refractivity contribution in [1.29, 1.82) is 0 Å². The van der Waals surface area contributed by atoms with Gasteiger partial charge >= 0.3 is 19.8 Å². The molecule has 2 atom stereocenters. The molecule has 0 bridgehead atoms.